The minimum absolute atomic E-state index is 0.389. The van der Waals surface area contributed by atoms with Gasteiger partial charge in [-0.15, -0.1) is 0 Å². The van der Waals surface area contributed by atoms with Crippen LogP contribution in [0.4, 0.5) is 0 Å². The fourth-order valence-corrected chi connectivity index (χ4v) is 4.69. The molecule has 1 saturated carbocycles. The molecule has 0 spiro atoms. The summed E-state index contributed by atoms with van der Waals surface area (Å²) in [5.41, 5.74) is 1.37. The second-order valence-electron chi connectivity index (χ2n) is 8.18. The predicted molar refractivity (Wildman–Crippen MR) is 105 cm³/mol. The fraction of sp³-hybridized carbons (Fsp3) is 0.727. The molecule has 1 aliphatic carbocycles. The van der Waals surface area contributed by atoms with Crippen LogP contribution in [0.15, 0.2) is 24.3 Å². The molecule has 3 aliphatic rings. The van der Waals surface area contributed by atoms with Gasteiger partial charge in [0.2, 0.25) is 0 Å². The van der Waals surface area contributed by atoms with E-state index in [4.69, 9.17) is 9.47 Å². The molecule has 0 aromatic heterocycles. The van der Waals surface area contributed by atoms with Crippen molar-refractivity contribution in [3.05, 3.63) is 29.8 Å². The molecule has 4 rings (SSSR count). The van der Waals surface area contributed by atoms with Crippen LogP contribution in [-0.2, 0) is 11.3 Å². The molecule has 0 radical (unpaired) electrons. The molecule has 0 N–H and O–H groups in total. The second kappa shape index (κ2) is 9.20. The third kappa shape index (κ3) is 4.99. The Hall–Kier alpha value is -1.10. The summed E-state index contributed by atoms with van der Waals surface area (Å²) < 4.78 is 11.7. The summed E-state index contributed by atoms with van der Waals surface area (Å²) in [7, 11) is 0. The SMILES string of the molecule is c1cc(OC2CCN(C3CCCCC3)CC2)ccc1CN1CCOCC1. The number of hydrogen-bond donors (Lipinski definition) is 0. The van der Waals surface area contributed by atoms with E-state index in [2.05, 4.69) is 34.1 Å². The molecule has 2 saturated heterocycles. The maximum atomic E-state index is 6.28. The van der Waals surface area contributed by atoms with E-state index in [1.54, 1.807) is 0 Å². The largest absolute Gasteiger partial charge is 0.490 e. The maximum absolute atomic E-state index is 6.28. The van der Waals surface area contributed by atoms with Gasteiger partial charge >= 0.3 is 0 Å². The fourth-order valence-electron chi connectivity index (χ4n) is 4.69. The molecule has 4 heteroatoms. The molecule has 2 aliphatic heterocycles. The molecule has 1 aromatic carbocycles. The Morgan fingerprint density at radius 1 is 0.846 bits per heavy atom. The Kier molecular flexibility index (Phi) is 6.47. The number of ether oxygens (including phenoxy) is 2. The van der Waals surface area contributed by atoms with Crippen molar-refractivity contribution in [2.75, 3.05) is 39.4 Å². The van der Waals surface area contributed by atoms with Crippen molar-refractivity contribution in [1.82, 2.24) is 9.80 Å². The van der Waals surface area contributed by atoms with Crippen molar-refractivity contribution in [2.24, 2.45) is 0 Å². The first kappa shape index (κ1) is 18.3. The third-order valence-corrected chi connectivity index (χ3v) is 6.30. The molecule has 0 amide bonds. The lowest BCUT2D eigenvalue weighted by molar-refractivity contribution is 0.0341. The lowest BCUT2D eigenvalue weighted by Gasteiger charge is -2.39. The molecule has 0 unspecified atom stereocenters. The minimum atomic E-state index is 0.389. The summed E-state index contributed by atoms with van der Waals surface area (Å²) in [4.78, 5) is 5.19. The molecular weight excluding hydrogens is 324 g/mol. The Balaban J connectivity index is 1.22. The number of piperidine rings is 1. The lowest BCUT2D eigenvalue weighted by atomic mass is 9.92. The summed E-state index contributed by atoms with van der Waals surface area (Å²) >= 11 is 0. The van der Waals surface area contributed by atoms with Gasteiger partial charge in [0.1, 0.15) is 11.9 Å². The normalized spacial score (nSPS) is 24.6. The van der Waals surface area contributed by atoms with Crippen LogP contribution < -0.4 is 4.74 Å². The van der Waals surface area contributed by atoms with Crippen LogP contribution in [0.2, 0.25) is 0 Å². The number of morpholine rings is 1. The molecule has 4 nitrogen and oxygen atoms in total. The molecule has 144 valence electrons. The zero-order chi connectivity index (χ0) is 17.6. The Labute approximate surface area is 158 Å². The van der Waals surface area contributed by atoms with Gasteiger partial charge in [0.05, 0.1) is 13.2 Å². The van der Waals surface area contributed by atoms with Crippen LogP contribution in [0.3, 0.4) is 0 Å². The van der Waals surface area contributed by atoms with Gasteiger partial charge < -0.3 is 14.4 Å². The Morgan fingerprint density at radius 2 is 1.54 bits per heavy atom. The molecule has 3 fully saturated rings. The number of likely N-dealkylation sites (tertiary alicyclic amines) is 1. The highest BCUT2D eigenvalue weighted by atomic mass is 16.5. The summed E-state index contributed by atoms with van der Waals surface area (Å²) in [5.74, 6) is 1.03. The highest BCUT2D eigenvalue weighted by molar-refractivity contribution is 5.27. The molecule has 1 aromatic rings. The van der Waals surface area contributed by atoms with Crippen molar-refractivity contribution < 1.29 is 9.47 Å². The van der Waals surface area contributed by atoms with E-state index < -0.39 is 0 Å². The minimum Gasteiger partial charge on any atom is -0.490 e. The quantitative estimate of drug-likeness (QED) is 0.801. The van der Waals surface area contributed by atoms with E-state index in [1.165, 1.54) is 63.6 Å². The van der Waals surface area contributed by atoms with Crippen molar-refractivity contribution in [3.8, 4) is 5.75 Å². The van der Waals surface area contributed by atoms with E-state index in [0.717, 1.165) is 44.6 Å². The van der Waals surface area contributed by atoms with Gasteiger partial charge in [-0.05, 0) is 43.4 Å². The first-order valence-electron chi connectivity index (χ1n) is 10.7. The number of benzene rings is 1. The summed E-state index contributed by atoms with van der Waals surface area (Å²) in [6, 6.07) is 9.61. The predicted octanol–water partition coefficient (Wildman–Crippen LogP) is 3.69. The number of hydrogen-bond acceptors (Lipinski definition) is 4. The smallest absolute Gasteiger partial charge is 0.119 e. The standard InChI is InChI=1S/C22H34N2O2/c1-2-4-20(5-3-1)24-12-10-22(11-13-24)26-21-8-6-19(7-9-21)18-23-14-16-25-17-15-23/h6-9,20,22H,1-5,10-18H2. The highest BCUT2D eigenvalue weighted by Gasteiger charge is 2.26. The molecule has 2 heterocycles. The van der Waals surface area contributed by atoms with Crippen molar-refractivity contribution in [3.63, 3.8) is 0 Å². The average Bonchev–Trinajstić information content (AvgIpc) is 2.72. The van der Waals surface area contributed by atoms with Crippen LogP contribution in [0.25, 0.3) is 0 Å². The molecule has 26 heavy (non-hydrogen) atoms. The molecular formula is C22H34N2O2. The summed E-state index contributed by atoms with van der Waals surface area (Å²) in [6.45, 7) is 7.25. The number of nitrogens with zero attached hydrogens (tertiary/aromatic N) is 2. The molecule has 0 bridgehead atoms. The maximum Gasteiger partial charge on any atom is 0.119 e. The number of rotatable bonds is 5. The van der Waals surface area contributed by atoms with Gasteiger partial charge in [0.25, 0.3) is 0 Å². The third-order valence-electron chi connectivity index (χ3n) is 6.30. The van der Waals surface area contributed by atoms with Crippen LogP contribution in [-0.4, -0.2) is 61.3 Å². The van der Waals surface area contributed by atoms with Gasteiger partial charge in [-0.3, -0.25) is 4.90 Å². The first-order valence-corrected chi connectivity index (χ1v) is 10.7. The second-order valence-corrected chi connectivity index (χ2v) is 8.18. The zero-order valence-electron chi connectivity index (χ0n) is 16.1. The molecule has 0 atom stereocenters. The first-order chi connectivity index (χ1) is 12.9. The van der Waals surface area contributed by atoms with Crippen LogP contribution in [0.5, 0.6) is 5.75 Å². The monoisotopic (exact) mass is 358 g/mol. The van der Waals surface area contributed by atoms with Crippen molar-refractivity contribution >= 4 is 0 Å². The Bertz CT molecular complexity index is 528. The van der Waals surface area contributed by atoms with E-state index in [1.807, 2.05) is 0 Å². The van der Waals surface area contributed by atoms with Gasteiger partial charge in [-0.2, -0.15) is 0 Å². The highest BCUT2D eigenvalue weighted by Crippen LogP contribution is 2.27. The van der Waals surface area contributed by atoms with Crippen LogP contribution in [0.1, 0.15) is 50.5 Å². The van der Waals surface area contributed by atoms with E-state index >= 15 is 0 Å². The van der Waals surface area contributed by atoms with Gasteiger partial charge in [-0.1, -0.05) is 31.4 Å². The summed E-state index contributed by atoms with van der Waals surface area (Å²) in [6.07, 6.45) is 9.86. The van der Waals surface area contributed by atoms with Gasteiger partial charge in [0.15, 0.2) is 0 Å². The van der Waals surface area contributed by atoms with Crippen molar-refractivity contribution in [1.29, 1.82) is 0 Å². The van der Waals surface area contributed by atoms with Crippen molar-refractivity contribution in [2.45, 2.75) is 63.6 Å². The summed E-state index contributed by atoms with van der Waals surface area (Å²) in [5, 5.41) is 0. The van der Waals surface area contributed by atoms with E-state index in [-0.39, 0.29) is 0 Å². The Morgan fingerprint density at radius 3 is 2.23 bits per heavy atom. The van der Waals surface area contributed by atoms with Crippen LogP contribution >= 0.6 is 0 Å². The topological polar surface area (TPSA) is 24.9 Å². The van der Waals surface area contributed by atoms with E-state index in [9.17, 15) is 0 Å². The van der Waals surface area contributed by atoms with E-state index in [0.29, 0.717) is 6.10 Å². The average molecular weight is 359 g/mol. The van der Waals surface area contributed by atoms with Crippen LogP contribution in [0, 0.1) is 0 Å². The zero-order valence-corrected chi connectivity index (χ0v) is 16.1. The van der Waals surface area contributed by atoms with Gasteiger partial charge in [0, 0.05) is 38.8 Å². The van der Waals surface area contributed by atoms with Gasteiger partial charge in [-0.25, -0.2) is 0 Å². The lowest BCUT2D eigenvalue weighted by Crippen LogP contribution is -2.44.